The molecule has 1 unspecified atom stereocenters. The predicted octanol–water partition coefficient (Wildman–Crippen LogP) is 1.91. The van der Waals surface area contributed by atoms with E-state index in [0.29, 0.717) is 29.0 Å². The summed E-state index contributed by atoms with van der Waals surface area (Å²) < 4.78 is 15.0. The van der Waals surface area contributed by atoms with Gasteiger partial charge in [-0.2, -0.15) is 5.10 Å². The fraction of sp³-hybridized carbons (Fsp3) is 0.250. The van der Waals surface area contributed by atoms with Crippen molar-refractivity contribution in [3.8, 4) is 11.5 Å². The van der Waals surface area contributed by atoms with Crippen molar-refractivity contribution in [2.75, 3.05) is 11.1 Å². The van der Waals surface area contributed by atoms with Gasteiger partial charge in [0.25, 0.3) is 0 Å². The van der Waals surface area contributed by atoms with Gasteiger partial charge in [-0.1, -0.05) is 13.3 Å². The number of carbonyl (C=O) groups is 1. The highest BCUT2D eigenvalue weighted by Gasteiger charge is 2.48. The lowest BCUT2D eigenvalue weighted by Gasteiger charge is -2.22. The Kier molecular flexibility index (Phi) is 4.14. The SMILES string of the molecule is CCCc1nc(-c2nc(N)c3c(n2)NC(=O)C3(C)c2ccc(F)cn2)cn2ncnc12. The zero-order valence-corrected chi connectivity index (χ0v) is 16.8. The van der Waals surface area contributed by atoms with E-state index in [-0.39, 0.29) is 23.4 Å². The molecule has 3 N–H and O–H groups in total. The van der Waals surface area contributed by atoms with Crippen LogP contribution in [0.1, 0.15) is 37.2 Å². The normalized spacial score (nSPS) is 17.7. The Bertz CT molecular complexity index is 1330. The molecular weight excluding hydrogens is 401 g/mol. The van der Waals surface area contributed by atoms with E-state index in [1.807, 2.05) is 6.92 Å². The number of nitrogen functional groups attached to an aromatic ring is 1. The smallest absolute Gasteiger partial charge is 0.242 e. The number of anilines is 2. The first-order chi connectivity index (χ1) is 14.9. The van der Waals surface area contributed by atoms with Crippen LogP contribution >= 0.6 is 0 Å². The fourth-order valence-corrected chi connectivity index (χ4v) is 3.84. The van der Waals surface area contributed by atoms with Crippen molar-refractivity contribution in [3.63, 3.8) is 0 Å². The summed E-state index contributed by atoms with van der Waals surface area (Å²) in [6.07, 6.45) is 5.77. The van der Waals surface area contributed by atoms with Crippen LogP contribution in [-0.4, -0.2) is 40.4 Å². The molecule has 1 aliphatic heterocycles. The van der Waals surface area contributed by atoms with E-state index in [1.54, 1.807) is 17.6 Å². The Labute approximate surface area is 175 Å². The first kappa shape index (κ1) is 19.0. The van der Waals surface area contributed by atoms with E-state index in [4.69, 9.17) is 5.73 Å². The number of amides is 1. The lowest BCUT2D eigenvalue weighted by Crippen LogP contribution is -2.34. The molecule has 4 aromatic rings. The number of nitrogens with zero attached hydrogens (tertiary/aromatic N) is 7. The number of rotatable bonds is 4. The zero-order valence-electron chi connectivity index (χ0n) is 16.8. The lowest BCUT2D eigenvalue weighted by atomic mass is 9.81. The van der Waals surface area contributed by atoms with Gasteiger partial charge in [-0.05, 0) is 25.5 Å². The first-order valence-electron chi connectivity index (χ1n) is 9.73. The van der Waals surface area contributed by atoms with Crippen LogP contribution < -0.4 is 11.1 Å². The third kappa shape index (κ3) is 2.80. The second-order valence-corrected chi connectivity index (χ2v) is 7.45. The van der Waals surface area contributed by atoms with Gasteiger partial charge in [-0.25, -0.2) is 28.8 Å². The summed E-state index contributed by atoms with van der Waals surface area (Å²) in [7, 11) is 0. The highest BCUT2D eigenvalue weighted by atomic mass is 19.1. The molecule has 4 aromatic heterocycles. The zero-order chi connectivity index (χ0) is 21.8. The van der Waals surface area contributed by atoms with Crippen LogP contribution in [0.2, 0.25) is 0 Å². The van der Waals surface area contributed by atoms with Gasteiger partial charge < -0.3 is 11.1 Å². The molecule has 156 valence electrons. The standard InChI is InChI=1S/C20H18FN9O/c1-3-4-11-18-24-9-25-30(18)8-12(26-11)16-27-15(22)14-17(28-16)29-19(31)20(14,2)13-6-5-10(21)7-23-13/h5-9H,3-4H2,1-2H3,(H3,22,27,28,29,31). The van der Waals surface area contributed by atoms with E-state index in [9.17, 15) is 9.18 Å². The Morgan fingerprint density at radius 3 is 2.81 bits per heavy atom. The van der Waals surface area contributed by atoms with Gasteiger partial charge in [0.1, 0.15) is 34.9 Å². The van der Waals surface area contributed by atoms with Crippen molar-refractivity contribution in [1.82, 2.24) is 34.5 Å². The van der Waals surface area contributed by atoms with E-state index in [0.717, 1.165) is 18.3 Å². The molecule has 31 heavy (non-hydrogen) atoms. The molecule has 1 amide bonds. The second kappa shape index (κ2) is 6.76. The maximum Gasteiger partial charge on any atom is 0.242 e. The molecule has 11 heteroatoms. The number of nitrogens with two attached hydrogens (primary N) is 1. The summed E-state index contributed by atoms with van der Waals surface area (Å²) in [6.45, 7) is 3.71. The third-order valence-electron chi connectivity index (χ3n) is 5.41. The Morgan fingerprint density at radius 2 is 2.06 bits per heavy atom. The Balaban J connectivity index is 1.66. The molecule has 1 aliphatic rings. The van der Waals surface area contributed by atoms with E-state index in [1.165, 1.54) is 18.5 Å². The molecule has 5 heterocycles. The van der Waals surface area contributed by atoms with Crippen molar-refractivity contribution >= 4 is 23.2 Å². The molecule has 0 saturated heterocycles. The Hall–Kier alpha value is -4.02. The average Bonchev–Trinajstić information content (AvgIpc) is 3.32. The minimum atomic E-state index is -1.25. The number of halogens is 1. The number of fused-ring (bicyclic) bond motifs is 2. The van der Waals surface area contributed by atoms with Crippen LogP contribution in [0.3, 0.4) is 0 Å². The fourth-order valence-electron chi connectivity index (χ4n) is 3.84. The van der Waals surface area contributed by atoms with Crippen LogP contribution in [0.25, 0.3) is 17.2 Å². The molecule has 0 spiro atoms. The highest BCUT2D eigenvalue weighted by molar-refractivity contribution is 6.08. The minimum Gasteiger partial charge on any atom is -0.383 e. The molecule has 1 atom stereocenters. The number of aryl methyl sites for hydroxylation is 1. The van der Waals surface area contributed by atoms with Crippen molar-refractivity contribution in [1.29, 1.82) is 0 Å². The summed E-state index contributed by atoms with van der Waals surface area (Å²) >= 11 is 0. The largest absolute Gasteiger partial charge is 0.383 e. The number of carbonyl (C=O) groups excluding carboxylic acids is 1. The summed E-state index contributed by atoms with van der Waals surface area (Å²) in [4.78, 5) is 34.8. The Morgan fingerprint density at radius 1 is 1.23 bits per heavy atom. The first-order valence-corrected chi connectivity index (χ1v) is 9.73. The lowest BCUT2D eigenvalue weighted by molar-refractivity contribution is -0.119. The molecule has 0 bridgehead atoms. The number of aromatic nitrogens is 7. The number of pyridine rings is 1. The molecule has 0 saturated carbocycles. The maximum atomic E-state index is 13.4. The highest BCUT2D eigenvalue weighted by Crippen LogP contribution is 2.44. The van der Waals surface area contributed by atoms with Gasteiger partial charge in [0.15, 0.2) is 11.5 Å². The van der Waals surface area contributed by atoms with Crippen molar-refractivity contribution in [2.24, 2.45) is 0 Å². The quantitative estimate of drug-likeness (QED) is 0.512. The van der Waals surface area contributed by atoms with E-state index in [2.05, 4.69) is 35.3 Å². The maximum absolute atomic E-state index is 13.4. The van der Waals surface area contributed by atoms with Gasteiger partial charge in [0.2, 0.25) is 5.91 Å². The molecule has 10 nitrogen and oxygen atoms in total. The number of hydrogen-bond acceptors (Lipinski definition) is 8. The summed E-state index contributed by atoms with van der Waals surface area (Å²) in [6, 6.07) is 2.70. The van der Waals surface area contributed by atoms with Crippen LogP contribution in [0.15, 0.2) is 30.9 Å². The number of nitrogens with one attached hydrogen (secondary N) is 1. The van der Waals surface area contributed by atoms with Crippen LogP contribution in [0, 0.1) is 5.82 Å². The summed E-state index contributed by atoms with van der Waals surface area (Å²) in [5.74, 6) is -0.222. The molecule has 5 rings (SSSR count). The second-order valence-electron chi connectivity index (χ2n) is 7.45. The summed E-state index contributed by atoms with van der Waals surface area (Å²) in [5, 5.41) is 6.95. The van der Waals surface area contributed by atoms with Crippen LogP contribution in [-0.2, 0) is 16.6 Å². The van der Waals surface area contributed by atoms with Crippen molar-refractivity contribution in [2.45, 2.75) is 32.1 Å². The van der Waals surface area contributed by atoms with Crippen LogP contribution in [0.5, 0.6) is 0 Å². The van der Waals surface area contributed by atoms with Gasteiger partial charge in [0.05, 0.1) is 29.3 Å². The predicted molar refractivity (Wildman–Crippen MR) is 109 cm³/mol. The topological polar surface area (TPSA) is 137 Å². The number of hydrogen-bond donors (Lipinski definition) is 2. The molecular formula is C20H18FN9O. The third-order valence-corrected chi connectivity index (χ3v) is 5.41. The van der Waals surface area contributed by atoms with Gasteiger partial charge in [0, 0.05) is 0 Å². The van der Waals surface area contributed by atoms with Crippen molar-refractivity contribution < 1.29 is 9.18 Å². The molecule has 0 radical (unpaired) electrons. The molecule has 0 fully saturated rings. The monoisotopic (exact) mass is 419 g/mol. The van der Waals surface area contributed by atoms with Crippen molar-refractivity contribution in [3.05, 3.63) is 53.6 Å². The van der Waals surface area contributed by atoms with E-state index < -0.39 is 11.2 Å². The summed E-state index contributed by atoms with van der Waals surface area (Å²) in [5.41, 5.74) is 7.69. The van der Waals surface area contributed by atoms with Crippen LogP contribution in [0.4, 0.5) is 16.0 Å². The minimum absolute atomic E-state index is 0.115. The average molecular weight is 419 g/mol. The molecule has 0 aromatic carbocycles. The van der Waals surface area contributed by atoms with E-state index >= 15 is 0 Å². The van der Waals surface area contributed by atoms with Gasteiger partial charge >= 0.3 is 0 Å². The van der Waals surface area contributed by atoms with Gasteiger partial charge in [-0.3, -0.25) is 9.78 Å². The molecule has 0 aliphatic carbocycles. The van der Waals surface area contributed by atoms with Gasteiger partial charge in [-0.15, -0.1) is 0 Å².